The Morgan fingerprint density at radius 1 is 1.14 bits per heavy atom. The SMILES string of the molecule is Cc1cc(CN2CCN(C)CC2)c(C)c(CN2C[C@@H]3CCOC[C@]3(C(=O)O)C2)c1. The second-order valence-corrected chi connectivity index (χ2v) is 9.46. The van der Waals surface area contributed by atoms with Crippen LogP contribution in [0.25, 0.3) is 0 Å². The van der Waals surface area contributed by atoms with Crippen LogP contribution in [0.1, 0.15) is 28.7 Å². The zero-order valence-corrected chi connectivity index (χ0v) is 18.1. The molecule has 1 N–H and O–H groups in total. The van der Waals surface area contributed by atoms with Gasteiger partial charge in [-0.1, -0.05) is 17.7 Å². The maximum absolute atomic E-state index is 12.1. The maximum atomic E-state index is 12.1. The van der Waals surface area contributed by atoms with E-state index in [1.165, 1.54) is 22.3 Å². The minimum atomic E-state index is -0.724. The van der Waals surface area contributed by atoms with Gasteiger partial charge >= 0.3 is 5.97 Å². The summed E-state index contributed by atoms with van der Waals surface area (Å²) in [6.07, 6.45) is 0.851. The predicted octanol–water partition coefficient (Wildman–Crippen LogP) is 1.97. The number of nitrogens with zero attached hydrogens (tertiary/aromatic N) is 3. The number of ether oxygens (including phenoxy) is 1. The lowest BCUT2D eigenvalue weighted by Crippen LogP contribution is -2.46. The number of aryl methyl sites for hydroxylation is 1. The Kier molecular flexibility index (Phi) is 5.98. The number of fused-ring (bicyclic) bond motifs is 1. The number of hydrogen-bond acceptors (Lipinski definition) is 5. The highest BCUT2D eigenvalue weighted by Crippen LogP contribution is 2.42. The summed E-state index contributed by atoms with van der Waals surface area (Å²) in [5.41, 5.74) is 4.69. The molecule has 3 aliphatic rings. The number of likely N-dealkylation sites (N-methyl/N-ethyl adjacent to an activating group) is 1. The topological polar surface area (TPSA) is 56.2 Å². The van der Waals surface area contributed by atoms with Crippen molar-refractivity contribution >= 4 is 5.97 Å². The average molecular weight is 402 g/mol. The standard InChI is InChI=1S/C23H35N3O3/c1-17-10-19(12-25-7-5-24(3)6-8-25)18(2)20(11-17)13-26-14-21-4-9-29-16-23(21,15-26)22(27)28/h10-11,21H,4-9,12-16H2,1-3H3,(H,27,28)/t21-,23+/m0/s1. The van der Waals surface area contributed by atoms with Gasteiger partial charge in [-0.2, -0.15) is 0 Å². The van der Waals surface area contributed by atoms with Crippen LogP contribution in [0, 0.1) is 25.2 Å². The largest absolute Gasteiger partial charge is 0.481 e. The summed E-state index contributed by atoms with van der Waals surface area (Å²) in [6, 6.07) is 4.61. The molecule has 2 atom stereocenters. The number of rotatable bonds is 5. The average Bonchev–Trinajstić information content (AvgIpc) is 3.06. The van der Waals surface area contributed by atoms with Gasteiger partial charge in [0.25, 0.3) is 0 Å². The lowest BCUT2D eigenvalue weighted by molar-refractivity contribution is -0.159. The molecule has 1 aromatic carbocycles. The normalized spacial score (nSPS) is 29.1. The van der Waals surface area contributed by atoms with E-state index in [9.17, 15) is 9.90 Å². The number of hydrogen-bond donors (Lipinski definition) is 1. The first-order valence-electron chi connectivity index (χ1n) is 10.9. The molecule has 3 saturated heterocycles. The van der Waals surface area contributed by atoms with E-state index < -0.39 is 11.4 Å². The summed E-state index contributed by atoms with van der Waals surface area (Å²) in [6.45, 7) is 13.2. The van der Waals surface area contributed by atoms with Gasteiger partial charge in [0.1, 0.15) is 5.41 Å². The number of carbonyl (C=O) groups is 1. The molecule has 0 spiro atoms. The highest BCUT2D eigenvalue weighted by atomic mass is 16.5. The fourth-order valence-corrected chi connectivity index (χ4v) is 5.34. The first-order valence-corrected chi connectivity index (χ1v) is 10.9. The van der Waals surface area contributed by atoms with E-state index in [0.29, 0.717) is 19.8 Å². The highest BCUT2D eigenvalue weighted by molar-refractivity contribution is 5.76. The second-order valence-electron chi connectivity index (χ2n) is 9.46. The first kappa shape index (κ1) is 20.8. The smallest absolute Gasteiger partial charge is 0.313 e. The van der Waals surface area contributed by atoms with Crippen molar-refractivity contribution < 1.29 is 14.6 Å². The Bertz CT molecular complexity index is 760. The van der Waals surface area contributed by atoms with Crippen molar-refractivity contribution in [1.29, 1.82) is 0 Å². The van der Waals surface area contributed by atoms with E-state index in [0.717, 1.165) is 52.2 Å². The van der Waals surface area contributed by atoms with Gasteiger partial charge in [-0.15, -0.1) is 0 Å². The van der Waals surface area contributed by atoms with Crippen molar-refractivity contribution in [1.82, 2.24) is 14.7 Å². The molecular formula is C23H35N3O3. The van der Waals surface area contributed by atoms with Crippen LogP contribution in [-0.4, -0.2) is 85.3 Å². The van der Waals surface area contributed by atoms with Gasteiger partial charge in [0.2, 0.25) is 0 Å². The third-order valence-corrected chi connectivity index (χ3v) is 7.31. The quantitative estimate of drug-likeness (QED) is 0.814. The summed E-state index contributed by atoms with van der Waals surface area (Å²) in [5, 5.41) is 9.91. The number of carboxylic acids is 1. The lowest BCUT2D eigenvalue weighted by atomic mass is 9.76. The lowest BCUT2D eigenvalue weighted by Gasteiger charge is -2.34. The summed E-state index contributed by atoms with van der Waals surface area (Å²) in [5.74, 6) is -0.495. The molecule has 29 heavy (non-hydrogen) atoms. The van der Waals surface area contributed by atoms with E-state index in [1.807, 2.05) is 0 Å². The van der Waals surface area contributed by atoms with Gasteiger partial charge in [0, 0.05) is 59.0 Å². The zero-order chi connectivity index (χ0) is 20.6. The Morgan fingerprint density at radius 3 is 2.41 bits per heavy atom. The predicted molar refractivity (Wildman–Crippen MR) is 113 cm³/mol. The molecule has 0 radical (unpaired) electrons. The molecule has 4 rings (SSSR count). The van der Waals surface area contributed by atoms with Crippen LogP contribution in [0.3, 0.4) is 0 Å². The summed E-state index contributed by atoms with van der Waals surface area (Å²) >= 11 is 0. The van der Waals surface area contributed by atoms with Gasteiger partial charge in [0.15, 0.2) is 0 Å². The fraction of sp³-hybridized carbons (Fsp3) is 0.696. The van der Waals surface area contributed by atoms with E-state index in [1.54, 1.807) is 0 Å². The van der Waals surface area contributed by atoms with E-state index >= 15 is 0 Å². The Labute approximate surface area is 174 Å². The van der Waals surface area contributed by atoms with Crippen LogP contribution in [0.4, 0.5) is 0 Å². The van der Waals surface area contributed by atoms with Gasteiger partial charge in [0.05, 0.1) is 6.61 Å². The molecule has 0 unspecified atom stereocenters. The van der Waals surface area contributed by atoms with Crippen molar-refractivity contribution in [3.63, 3.8) is 0 Å². The Hall–Kier alpha value is -1.47. The van der Waals surface area contributed by atoms with Crippen LogP contribution in [0.5, 0.6) is 0 Å². The fourth-order valence-electron chi connectivity index (χ4n) is 5.34. The van der Waals surface area contributed by atoms with E-state index in [4.69, 9.17) is 4.74 Å². The van der Waals surface area contributed by atoms with Crippen molar-refractivity contribution in [2.75, 3.05) is 59.5 Å². The second kappa shape index (κ2) is 8.34. The van der Waals surface area contributed by atoms with Crippen molar-refractivity contribution in [3.8, 4) is 0 Å². The maximum Gasteiger partial charge on any atom is 0.313 e. The molecule has 0 aromatic heterocycles. The molecule has 3 heterocycles. The molecule has 160 valence electrons. The highest BCUT2D eigenvalue weighted by Gasteiger charge is 2.54. The number of benzene rings is 1. The summed E-state index contributed by atoms with van der Waals surface area (Å²) < 4.78 is 5.58. The van der Waals surface area contributed by atoms with Crippen LogP contribution in [-0.2, 0) is 22.6 Å². The van der Waals surface area contributed by atoms with Gasteiger partial charge in [-0.3, -0.25) is 14.6 Å². The van der Waals surface area contributed by atoms with Gasteiger partial charge in [-0.25, -0.2) is 0 Å². The molecule has 6 nitrogen and oxygen atoms in total. The zero-order valence-electron chi connectivity index (χ0n) is 18.1. The number of carboxylic acid groups (broad SMARTS) is 1. The van der Waals surface area contributed by atoms with Crippen molar-refractivity contribution in [2.24, 2.45) is 11.3 Å². The molecular weight excluding hydrogens is 366 g/mol. The number of likely N-dealkylation sites (tertiary alicyclic amines) is 1. The molecule has 6 heteroatoms. The molecule has 3 aliphatic heterocycles. The number of piperazine rings is 1. The Morgan fingerprint density at radius 2 is 1.79 bits per heavy atom. The first-order chi connectivity index (χ1) is 13.9. The number of aliphatic carboxylic acids is 1. The van der Waals surface area contributed by atoms with Crippen LogP contribution < -0.4 is 0 Å². The molecule has 0 aliphatic carbocycles. The van der Waals surface area contributed by atoms with Gasteiger partial charge in [-0.05, 0) is 49.9 Å². The summed E-state index contributed by atoms with van der Waals surface area (Å²) in [7, 11) is 2.19. The van der Waals surface area contributed by atoms with Gasteiger partial charge < -0.3 is 14.7 Å². The Balaban J connectivity index is 1.49. The van der Waals surface area contributed by atoms with Crippen molar-refractivity contribution in [2.45, 2.75) is 33.4 Å². The van der Waals surface area contributed by atoms with Crippen LogP contribution in [0.15, 0.2) is 12.1 Å². The molecule has 1 aromatic rings. The van der Waals surface area contributed by atoms with Crippen LogP contribution in [0.2, 0.25) is 0 Å². The molecule has 0 amide bonds. The third-order valence-electron chi connectivity index (χ3n) is 7.31. The van der Waals surface area contributed by atoms with E-state index in [-0.39, 0.29) is 5.92 Å². The monoisotopic (exact) mass is 401 g/mol. The minimum absolute atomic E-state index is 0.198. The molecule has 0 bridgehead atoms. The summed E-state index contributed by atoms with van der Waals surface area (Å²) in [4.78, 5) is 19.3. The molecule has 3 fully saturated rings. The minimum Gasteiger partial charge on any atom is -0.481 e. The molecule has 0 saturated carbocycles. The third kappa shape index (κ3) is 4.22. The van der Waals surface area contributed by atoms with E-state index in [2.05, 4.69) is 47.7 Å². The van der Waals surface area contributed by atoms with Crippen molar-refractivity contribution in [3.05, 3.63) is 34.4 Å². The van der Waals surface area contributed by atoms with Crippen LogP contribution >= 0.6 is 0 Å².